The molecule has 0 fully saturated rings. The first-order chi connectivity index (χ1) is 3.62. The number of allylic oxidation sites excluding steroid dienone is 3. The second-order valence-electron chi connectivity index (χ2n) is 2.53. The monoisotopic (exact) mass is 110 g/mol. The van der Waals surface area contributed by atoms with Crippen molar-refractivity contribution in [2.75, 3.05) is 0 Å². The molecule has 0 heteroatoms. The minimum absolute atomic E-state index is 0.175. The average Bonchev–Trinajstić information content (AvgIpc) is 1.67. The lowest BCUT2D eigenvalue weighted by atomic mass is 9.94. The third kappa shape index (κ3) is 2.62. The standard InChI is InChI=1S/C8H14/c1-5-7-8(3,4)6-2/h5-7H,2H2,1,3-4H3. The molecule has 0 aliphatic heterocycles. The van der Waals surface area contributed by atoms with Crippen LogP contribution in [-0.2, 0) is 0 Å². The Bertz CT molecular complexity index is 96.6. The summed E-state index contributed by atoms with van der Waals surface area (Å²) in [4.78, 5) is 0. The molecular weight excluding hydrogens is 96.1 g/mol. The zero-order chi connectivity index (χ0) is 6.62. The predicted molar refractivity (Wildman–Crippen MR) is 38.8 cm³/mol. The van der Waals surface area contributed by atoms with Crippen molar-refractivity contribution in [1.82, 2.24) is 0 Å². The van der Waals surface area contributed by atoms with Crippen LogP contribution in [0, 0.1) is 5.41 Å². The van der Waals surface area contributed by atoms with Crippen molar-refractivity contribution in [3.05, 3.63) is 24.8 Å². The minimum atomic E-state index is 0.175. The van der Waals surface area contributed by atoms with Gasteiger partial charge in [0.05, 0.1) is 0 Å². The molecule has 0 amide bonds. The van der Waals surface area contributed by atoms with Gasteiger partial charge in [0.25, 0.3) is 0 Å². The second-order valence-corrected chi connectivity index (χ2v) is 2.53. The summed E-state index contributed by atoms with van der Waals surface area (Å²) in [7, 11) is 0. The highest BCUT2D eigenvalue weighted by Gasteiger charge is 2.04. The molecule has 0 aliphatic carbocycles. The molecule has 0 spiro atoms. The second kappa shape index (κ2) is 2.71. The van der Waals surface area contributed by atoms with Crippen LogP contribution >= 0.6 is 0 Å². The molecule has 0 unspecified atom stereocenters. The molecule has 0 aromatic rings. The first-order valence-electron chi connectivity index (χ1n) is 2.90. The average molecular weight is 110 g/mol. The summed E-state index contributed by atoms with van der Waals surface area (Å²) in [5.74, 6) is 0. The van der Waals surface area contributed by atoms with Gasteiger partial charge in [-0.1, -0.05) is 32.1 Å². The van der Waals surface area contributed by atoms with Crippen molar-refractivity contribution in [1.29, 1.82) is 0 Å². The molecule has 0 heterocycles. The van der Waals surface area contributed by atoms with Gasteiger partial charge in [-0.2, -0.15) is 0 Å². The van der Waals surface area contributed by atoms with Crippen LogP contribution in [0.2, 0.25) is 0 Å². The zero-order valence-electron chi connectivity index (χ0n) is 5.94. The lowest BCUT2D eigenvalue weighted by molar-refractivity contribution is 0.627. The van der Waals surface area contributed by atoms with Crippen LogP contribution in [0.1, 0.15) is 20.8 Å². The van der Waals surface area contributed by atoms with E-state index in [0.717, 1.165) is 0 Å². The van der Waals surface area contributed by atoms with Crippen molar-refractivity contribution in [3.63, 3.8) is 0 Å². The summed E-state index contributed by atoms with van der Waals surface area (Å²) >= 11 is 0. The maximum absolute atomic E-state index is 3.70. The molecule has 0 atom stereocenters. The van der Waals surface area contributed by atoms with E-state index in [1.165, 1.54) is 0 Å². The fraction of sp³-hybridized carbons (Fsp3) is 0.500. The van der Waals surface area contributed by atoms with Crippen LogP contribution in [0.15, 0.2) is 24.8 Å². The first kappa shape index (κ1) is 7.48. The van der Waals surface area contributed by atoms with Crippen LogP contribution in [-0.4, -0.2) is 0 Å². The Morgan fingerprint density at radius 2 is 1.88 bits per heavy atom. The topological polar surface area (TPSA) is 0 Å². The fourth-order valence-electron chi connectivity index (χ4n) is 0.498. The number of hydrogen-bond acceptors (Lipinski definition) is 0. The Labute approximate surface area is 51.9 Å². The molecule has 0 rings (SSSR count). The molecule has 0 aromatic carbocycles. The Hall–Kier alpha value is -0.520. The Kier molecular flexibility index (Phi) is 2.53. The van der Waals surface area contributed by atoms with E-state index in [0.29, 0.717) is 0 Å². The fourth-order valence-corrected chi connectivity index (χ4v) is 0.498. The Morgan fingerprint density at radius 1 is 1.38 bits per heavy atom. The van der Waals surface area contributed by atoms with Crippen LogP contribution < -0.4 is 0 Å². The van der Waals surface area contributed by atoms with Crippen LogP contribution in [0.5, 0.6) is 0 Å². The SMILES string of the molecule is C=CC(C)(C)C=CC. The molecule has 8 heavy (non-hydrogen) atoms. The van der Waals surface area contributed by atoms with Gasteiger partial charge in [0.1, 0.15) is 0 Å². The van der Waals surface area contributed by atoms with E-state index in [1.54, 1.807) is 0 Å². The van der Waals surface area contributed by atoms with Gasteiger partial charge in [-0.3, -0.25) is 0 Å². The molecule has 0 aromatic heterocycles. The number of hydrogen-bond donors (Lipinski definition) is 0. The lowest BCUT2D eigenvalue weighted by Crippen LogP contribution is -1.99. The van der Waals surface area contributed by atoms with Crippen LogP contribution in [0.25, 0.3) is 0 Å². The molecule has 0 saturated carbocycles. The smallest absolute Gasteiger partial charge is 0.000162 e. The lowest BCUT2D eigenvalue weighted by Gasteiger charge is -2.11. The third-order valence-electron chi connectivity index (χ3n) is 1.12. The van der Waals surface area contributed by atoms with E-state index >= 15 is 0 Å². The highest BCUT2D eigenvalue weighted by atomic mass is 14.1. The molecule has 0 saturated heterocycles. The summed E-state index contributed by atoms with van der Waals surface area (Å²) in [6.45, 7) is 9.97. The zero-order valence-corrected chi connectivity index (χ0v) is 5.94. The van der Waals surface area contributed by atoms with Gasteiger partial charge in [-0.15, -0.1) is 6.58 Å². The van der Waals surface area contributed by atoms with E-state index in [-0.39, 0.29) is 5.41 Å². The summed E-state index contributed by atoms with van der Waals surface area (Å²) in [6.07, 6.45) is 6.11. The minimum Gasteiger partial charge on any atom is -0.102 e. The van der Waals surface area contributed by atoms with Gasteiger partial charge < -0.3 is 0 Å². The molecule has 0 aliphatic rings. The Morgan fingerprint density at radius 3 is 2.00 bits per heavy atom. The number of rotatable bonds is 2. The molecule has 46 valence electrons. The van der Waals surface area contributed by atoms with Gasteiger partial charge in [0.2, 0.25) is 0 Å². The molecular formula is C8H14. The predicted octanol–water partition coefficient (Wildman–Crippen LogP) is 2.77. The normalized spacial score (nSPS) is 12.4. The first-order valence-corrected chi connectivity index (χ1v) is 2.90. The van der Waals surface area contributed by atoms with Crippen LogP contribution in [0.4, 0.5) is 0 Å². The van der Waals surface area contributed by atoms with E-state index in [1.807, 2.05) is 19.1 Å². The largest absolute Gasteiger partial charge is 0.102 e. The van der Waals surface area contributed by atoms with Gasteiger partial charge in [-0.05, 0) is 6.92 Å². The summed E-state index contributed by atoms with van der Waals surface area (Å²) < 4.78 is 0. The van der Waals surface area contributed by atoms with Gasteiger partial charge in [-0.25, -0.2) is 0 Å². The summed E-state index contributed by atoms with van der Waals surface area (Å²) in [6, 6.07) is 0. The van der Waals surface area contributed by atoms with Crippen molar-refractivity contribution < 1.29 is 0 Å². The van der Waals surface area contributed by atoms with Crippen molar-refractivity contribution in [2.24, 2.45) is 5.41 Å². The van der Waals surface area contributed by atoms with Crippen molar-refractivity contribution in [3.8, 4) is 0 Å². The quantitative estimate of drug-likeness (QED) is 0.479. The highest BCUT2D eigenvalue weighted by Crippen LogP contribution is 2.16. The van der Waals surface area contributed by atoms with Gasteiger partial charge in [0.15, 0.2) is 0 Å². The maximum Gasteiger partial charge on any atom is 0.000162 e. The highest BCUT2D eigenvalue weighted by molar-refractivity contribution is 5.03. The third-order valence-corrected chi connectivity index (χ3v) is 1.12. The maximum atomic E-state index is 3.70. The summed E-state index contributed by atoms with van der Waals surface area (Å²) in [5, 5.41) is 0. The molecule has 0 N–H and O–H groups in total. The van der Waals surface area contributed by atoms with Crippen molar-refractivity contribution >= 4 is 0 Å². The summed E-state index contributed by atoms with van der Waals surface area (Å²) in [5.41, 5.74) is 0.175. The Balaban J connectivity index is 3.90. The van der Waals surface area contributed by atoms with Crippen LogP contribution in [0.3, 0.4) is 0 Å². The van der Waals surface area contributed by atoms with E-state index < -0.39 is 0 Å². The van der Waals surface area contributed by atoms with Gasteiger partial charge in [0, 0.05) is 5.41 Å². The molecule has 0 nitrogen and oxygen atoms in total. The molecule has 0 radical (unpaired) electrons. The van der Waals surface area contributed by atoms with Crippen molar-refractivity contribution in [2.45, 2.75) is 20.8 Å². The van der Waals surface area contributed by atoms with E-state index in [2.05, 4.69) is 26.5 Å². The van der Waals surface area contributed by atoms with E-state index in [9.17, 15) is 0 Å². The molecule has 0 bridgehead atoms. The van der Waals surface area contributed by atoms with E-state index in [4.69, 9.17) is 0 Å². The van der Waals surface area contributed by atoms with Gasteiger partial charge >= 0.3 is 0 Å².